The van der Waals surface area contributed by atoms with E-state index in [9.17, 15) is 5.11 Å². The molecule has 1 aliphatic rings. The number of aromatic nitrogens is 1. The highest BCUT2D eigenvalue weighted by Crippen LogP contribution is 2.44. The van der Waals surface area contributed by atoms with E-state index in [1.54, 1.807) is 18.5 Å². The Morgan fingerprint density at radius 1 is 1.64 bits per heavy atom. The fourth-order valence-corrected chi connectivity index (χ4v) is 2.33. The Bertz CT molecular complexity index is 340. The van der Waals surface area contributed by atoms with Crippen LogP contribution in [0.5, 0.6) is 0 Å². The Hall–Kier alpha value is -1.09. The summed E-state index contributed by atoms with van der Waals surface area (Å²) in [5.74, 6) is 0.272. The van der Waals surface area contributed by atoms with Crippen LogP contribution < -0.4 is 5.73 Å². The molecule has 0 radical (unpaired) electrons. The molecule has 0 aromatic carbocycles. The van der Waals surface area contributed by atoms with Gasteiger partial charge in [-0.1, -0.05) is 6.92 Å². The fraction of sp³-hybridized carbons (Fsp3) is 0.545. The van der Waals surface area contributed by atoms with Crippen molar-refractivity contribution >= 4 is 5.69 Å². The lowest BCUT2D eigenvalue weighted by Crippen LogP contribution is -2.29. The lowest BCUT2D eigenvalue weighted by atomic mass is 9.85. The van der Waals surface area contributed by atoms with Crippen LogP contribution in [-0.4, -0.2) is 10.1 Å². The number of hydrogen-bond acceptors (Lipinski definition) is 3. The molecule has 0 bridgehead atoms. The number of nitrogens with zero attached hydrogens (tertiary/aromatic N) is 1. The van der Waals surface area contributed by atoms with E-state index in [1.807, 2.05) is 0 Å². The van der Waals surface area contributed by atoms with E-state index in [-0.39, 0.29) is 5.92 Å². The van der Waals surface area contributed by atoms with E-state index in [0.717, 1.165) is 24.8 Å². The molecule has 1 saturated carbocycles. The third kappa shape index (κ3) is 1.28. The summed E-state index contributed by atoms with van der Waals surface area (Å²) >= 11 is 0. The van der Waals surface area contributed by atoms with Crippen molar-refractivity contribution in [2.75, 3.05) is 5.73 Å². The van der Waals surface area contributed by atoms with Crippen molar-refractivity contribution in [3.05, 3.63) is 24.0 Å². The zero-order valence-electron chi connectivity index (χ0n) is 8.40. The van der Waals surface area contributed by atoms with Crippen LogP contribution in [0.2, 0.25) is 0 Å². The zero-order chi connectivity index (χ0) is 10.2. The topological polar surface area (TPSA) is 59.1 Å². The predicted molar refractivity (Wildman–Crippen MR) is 55.6 cm³/mol. The van der Waals surface area contributed by atoms with Crippen molar-refractivity contribution in [1.29, 1.82) is 0 Å². The minimum absolute atomic E-state index is 0.272. The third-order valence-electron chi connectivity index (χ3n) is 3.33. The largest absolute Gasteiger partial charge is 0.398 e. The lowest BCUT2D eigenvalue weighted by molar-refractivity contribution is 0.00492. The van der Waals surface area contributed by atoms with Gasteiger partial charge in [0.05, 0.1) is 5.60 Å². The highest BCUT2D eigenvalue weighted by atomic mass is 16.3. The Kier molecular flexibility index (Phi) is 2.19. The maximum Gasteiger partial charge on any atom is 0.0956 e. The molecule has 1 aromatic rings. The second-order valence-electron chi connectivity index (χ2n) is 4.18. The first-order valence-electron chi connectivity index (χ1n) is 5.07. The van der Waals surface area contributed by atoms with Crippen LogP contribution in [0.25, 0.3) is 0 Å². The van der Waals surface area contributed by atoms with Crippen LogP contribution in [-0.2, 0) is 5.60 Å². The van der Waals surface area contributed by atoms with E-state index in [1.165, 1.54) is 0 Å². The summed E-state index contributed by atoms with van der Waals surface area (Å²) in [6, 6.07) is 1.75. The van der Waals surface area contributed by atoms with Crippen LogP contribution in [0.4, 0.5) is 5.69 Å². The maximum atomic E-state index is 10.5. The van der Waals surface area contributed by atoms with E-state index < -0.39 is 5.60 Å². The average molecular weight is 192 g/mol. The average Bonchev–Trinajstić information content (AvgIpc) is 2.49. The molecule has 1 aliphatic carbocycles. The van der Waals surface area contributed by atoms with Crippen LogP contribution in [0, 0.1) is 5.92 Å². The molecule has 3 heteroatoms. The number of nitrogen functional groups attached to an aromatic ring is 1. The molecule has 76 valence electrons. The van der Waals surface area contributed by atoms with Crippen LogP contribution in [0.3, 0.4) is 0 Å². The van der Waals surface area contributed by atoms with Gasteiger partial charge in [-0.25, -0.2) is 0 Å². The molecule has 3 nitrogen and oxygen atoms in total. The first-order chi connectivity index (χ1) is 6.64. The number of aliphatic hydroxyl groups is 1. The minimum Gasteiger partial charge on any atom is -0.398 e. The second-order valence-corrected chi connectivity index (χ2v) is 4.18. The first kappa shape index (κ1) is 9.46. The first-order valence-corrected chi connectivity index (χ1v) is 5.07. The molecule has 0 amide bonds. The number of rotatable bonds is 1. The van der Waals surface area contributed by atoms with Crippen molar-refractivity contribution in [3.63, 3.8) is 0 Å². The molecular formula is C11H16N2O. The van der Waals surface area contributed by atoms with Crippen molar-refractivity contribution in [3.8, 4) is 0 Å². The quantitative estimate of drug-likeness (QED) is 0.711. The summed E-state index contributed by atoms with van der Waals surface area (Å²) in [6.07, 6.45) is 6.26. The van der Waals surface area contributed by atoms with E-state index >= 15 is 0 Å². The van der Waals surface area contributed by atoms with Crippen molar-refractivity contribution < 1.29 is 5.11 Å². The third-order valence-corrected chi connectivity index (χ3v) is 3.33. The molecule has 1 fully saturated rings. The smallest absolute Gasteiger partial charge is 0.0956 e. The fourth-order valence-electron chi connectivity index (χ4n) is 2.33. The van der Waals surface area contributed by atoms with Crippen molar-refractivity contribution in [2.24, 2.45) is 5.92 Å². The molecule has 0 aliphatic heterocycles. The lowest BCUT2D eigenvalue weighted by Gasteiger charge is -2.28. The van der Waals surface area contributed by atoms with Crippen molar-refractivity contribution in [1.82, 2.24) is 4.98 Å². The normalized spacial score (nSPS) is 32.0. The molecule has 3 N–H and O–H groups in total. The SMILES string of the molecule is CC1CCCC1(O)c1cnccc1N. The summed E-state index contributed by atoms with van der Waals surface area (Å²) in [4.78, 5) is 4.03. The van der Waals surface area contributed by atoms with Gasteiger partial charge in [0.15, 0.2) is 0 Å². The van der Waals surface area contributed by atoms with Gasteiger partial charge in [0.1, 0.15) is 0 Å². The highest BCUT2D eigenvalue weighted by Gasteiger charge is 2.41. The standard InChI is InChI=1S/C11H16N2O/c1-8-3-2-5-11(8,14)9-7-13-6-4-10(9)12/h4,6-8,14H,2-3,5H2,1H3,(H2,12,13). The Balaban J connectivity index is 2.43. The minimum atomic E-state index is -0.752. The van der Waals surface area contributed by atoms with E-state index in [2.05, 4.69) is 11.9 Å². The van der Waals surface area contributed by atoms with Gasteiger partial charge in [-0.3, -0.25) is 4.98 Å². The number of anilines is 1. The summed E-state index contributed by atoms with van der Waals surface area (Å²) < 4.78 is 0. The van der Waals surface area contributed by atoms with Gasteiger partial charge < -0.3 is 10.8 Å². The summed E-state index contributed by atoms with van der Waals surface area (Å²) in [7, 11) is 0. The molecule has 0 spiro atoms. The molecule has 2 rings (SSSR count). The van der Waals surface area contributed by atoms with E-state index in [4.69, 9.17) is 5.73 Å². The Labute approximate surface area is 84.0 Å². The van der Waals surface area contributed by atoms with Gasteiger partial charge in [-0.2, -0.15) is 0 Å². The summed E-state index contributed by atoms with van der Waals surface area (Å²) in [5.41, 5.74) is 6.54. The van der Waals surface area contributed by atoms with Crippen LogP contribution >= 0.6 is 0 Å². The molecule has 1 aromatic heterocycles. The molecule has 2 atom stereocenters. The van der Waals surface area contributed by atoms with Gasteiger partial charge in [-0.15, -0.1) is 0 Å². The Morgan fingerprint density at radius 3 is 3.00 bits per heavy atom. The van der Waals surface area contributed by atoms with Gasteiger partial charge in [0, 0.05) is 23.6 Å². The second kappa shape index (κ2) is 3.24. The monoisotopic (exact) mass is 192 g/mol. The zero-order valence-corrected chi connectivity index (χ0v) is 8.40. The molecule has 14 heavy (non-hydrogen) atoms. The van der Waals surface area contributed by atoms with Crippen molar-refractivity contribution in [2.45, 2.75) is 31.8 Å². The van der Waals surface area contributed by atoms with Crippen LogP contribution in [0.1, 0.15) is 31.7 Å². The van der Waals surface area contributed by atoms with Gasteiger partial charge in [0.25, 0.3) is 0 Å². The Morgan fingerprint density at radius 2 is 2.43 bits per heavy atom. The van der Waals surface area contributed by atoms with Gasteiger partial charge in [0.2, 0.25) is 0 Å². The van der Waals surface area contributed by atoms with E-state index in [0.29, 0.717) is 5.69 Å². The molecule has 1 heterocycles. The number of nitrogens with two attached hydrogens (primary N) is 1. The highest BCUT2D eigenvalue weighted by molar-refractivity contribution is 5.48. The number of pyridine rings is 1. The molecule has 0 saturated heterocycles. The van der Waals surface area contributed by atoms with Gasteiger partial charge in [-0.05, 0) is 31.2 Å². The predicted octanol–water partition coefficient (Wildman–Crippen LogP) is 1.67. The summed E-state index contributed by atoms with van der Waals surface area (Å²) in [5, 5.41) is 10.5. The van der Waals surface area contributed by atoms with Gasteiger partial charge >= 0.3 is 0 Å². The van der Waals surface area contributed by atoms with Crippen LogP contribution in [0.15, 0.2) is 18.5 Å². The molecular weight excluding hydrogens is 176 g/mol. The summed E-state index contributed by atoms with van der Waals surface area (Å²) in [6.45, 7) is 2.07. The number of hydrogen-bond donors (Lipinski definition) is 2. The molecule has 2 unspecified atom stereocenters. The maximum absolute atomic E-state index is 10.5.